The standard InChI is InChI=1S/C32H29FN2O4/c1-3-32(38)23-13-26-29-21(15-35(26)30(36)22(23)16-39-31(32)37)27-19(10-9-18-7-5-4-6-8-18)11-12-20-17(2)24(33)14-25(34-29)28(20)27/h4-8,13-14,19,38H,3,9-12,15-16H2,1-2H3/t19-,32-/m0/s1. The number of aromatic nitrogens is 2. The summed E-state index contributed by atoms with van der Waals surface area (Å²) < 4.78 is 22.0. The SMILES string of the molecule is CC[C@@]1(O)C(=O)OCc2c1cc1n(c2=O)Cc2c-1nc1cc(F)c(C)c3c1c2[C@@H](CCc1ccccc1)CC3. The highest BCUT2D eigenvalue weighted by Gasteiger charge is 2.45. The summed E-state index contributed by atoms with van der Waals surface area (Å²) in [5, 5.41) is 12.2. The molecule has 2 aromatic heterocycles. The Morgan fingerprint density at radius 2 is 1.95 bits per heavy atom. The van der Waals surface area contributed by atoms with Crippen molar-refractivity contribution >= 4 is 16.9 Å². The van der Waals surface area contributed by atoms with Crippen molar-refractivity contribution in [3.05, 3.63) is 97.6 Å². The summed E-state index contributed by atoms with van der Waals surface area (Å²) >= 11 is 0. The Labute approximate surface area is 225 Å². The van der Waals surface area contributed by atoms with Crippen LogP contribution in [0, 0.1) is 12.7 Å². The molecule has 6 nitrogen and oxygen atoms in total. The number of rotatable bonds is 4. The summed E-state index contributed by atoms with van der Waals surface area (Å²) in [6, 6.07) is 13.6. The van der Waals surface area contributed by atoms with Crippen LogP contribution in [0.5, 0.6) is 0 Å². The van der Waals surface area contributed by atoms with E-state index in [1.165, 1.54) is 11.6 Å². The largest absolute Gasteiger partial charge is 0.458 e. The van der Waals surface area contributed by atoms with Crippen molar-refractivity contribution in [3.8, 4) is 11.4 Å². The number of ether oxygens (including phenoxy) is 1. The number of benzene rings is 2. The maximum atomic E-state index is 15.1. The molecule has 0 saturated carbocycles. The zero-order chi connectivity index (χ0) is 27.1. The second-order valence-electron chi connectivity index (χ2n) is 11.1. The van der Waals surface area contributed by atoms with Gasteiger partial charge in [-0.1, -0.05) is 37.3 Å². The molecule has 0 spiro atoms. The molecule has 39 heavy (non-hydrogen) atoms. The highest BCUT2D eigenvalue weighted by molar-refractivity contribution is 5.93. The van der Waals surface area contributed by atoms with Gasteiger partial charge < -0.3 is 14.4 Å². The smallest absolute Gasteiger partial charge is 0.343 e. The van der Waals surface area contributed by atoms with Gasteiger partial charge in [-0.2, -0.15) is 0 Å². The Balaban J connectivity index is 1.45. The Hall–Kier alpha value is -3.84. The molecule has 0 fully saturated rings. The molecule has 2 aromatic carbocycles. The van der Waals surface area contributed by atoms with Crippen LogP contribution in [0.3, 0.4) is 0 Å². The monoisotopic (exact) mass is 524 g/mol. The number of hydrogen-bond donors (Lipinski definition) is 1. The summed E-state index contributed by atoms with van der Waals surface area (Å²) in [5.74, 6) is -0.786. The molecule has 2 aliphatic heterocycles. The lowest BCUT2D eigenvalue weighted by molar-refractivity contribution is -0.172. The fourth-order valence-corrected chi connectivity index (χ4v) is 6.92. The molecule has 0 bridgehead atoms. The Kier molecular flexibility index (Phi) is 5.33. The van der Waals surface area contributed by atoms with Gasteiger partial charge in [0.15, 0.2) is 5.60 Å². The molecule has 2 atom stereocenters. The van der Waals surface area contributed by atoms with Crippen molar-refractivity contribution in [3.63, 3.8) is 0 Å². The van der Waals surface area contributed by atoms with Crippen molar-refractivity contribution in [1.82, 2.24) is 9.55 Å². The fourth-order valence-electron chi connectivity index (χ4n) is 6.92. The summed E-state index contributed by atoms with van der Waals surface area (Å²) in [7, 11) is 0. The van der Waals surface area contributed by atoms with Gasteiger partial charge in [0.2, 0.25) is 0 Å². The maximum absolute atomic E-state index is 15.1. The zero-order valence-corrected chi connectivity index (χ0v) is 22.0. The maximum Gasteiger partial charge on any atom is 0.343 e. The van der Waals surface area contributed by atoms with E-state index in [4.69, 9.17) is 9.72 Å². The third kappa shape index (κ3) is 3.39. The number of hydrogen-bond acceptors (Lipinski definition) is 5. The van der Waals surface area contributed by atoms with E-state index in [1.54, 1.807) is 17.6 Å². The molecule has 0 amide bonds. The van der Waals surface area contributed by atoms with Crippen LogP contribution in [0.15, 0.2) is 47.3 Å². The first-order valence-electron chi connectivity index (χ1n) is 13.7. The van der Waals surface area contributed by atoms with Crippen molar-refractivity contribution in [2.75, 3.05) is 0 Å². The molecule has 4 heterocycles. The Morgan fingerprint density at radius 1 is 1.15 bits per heavy atom. The van der Waals surface area contributed by atoms with Gasteiger partial charge in [-0.15, -0.1) is 0 Å². The minimum Gasteiger partial charge on any atom is -0.458 e. The second-order valence-corrected chi connectivity index (χ2v) is 11.1. The first kappa shape index (κ1) is 24.2. The van der Waals surface area contributed by atoms with E-state index in [9.17, 15) is 14.7 Å². The van der Waals surface area contributed by atoms with Crippen LogP contribution < -0.4 is 5.56 Å². The van der Waals surface area contributed by atoms with E-state index < -0.39 is 11.6 Å². The van der Waals surface area contributed by atoms with E-state index >= 15 is 4.39 Å². The molecule has 3 aliphatic rings. The minimum atomic E-state index is -1.88. The molecular formula is C32H29FN2O4. The Bertz CT molecular complexity index is 1760. The van der Waals surface area contributed by atoms with Crippen LogP contribution >= 0.6 is 0 Å². The van der Waals surface area contributed by atoms with E-state index in [0.29, 0.717) is 34.6 Å². The fraction of sp³-hybridized carbons (Fsp3) is 0.344. The van der Waals surface area contributed by atoms with Gasteiger partial charge in [0.1, 0.15) is 12.4 Å². The van der Waals surface area contributed by atoms with Crippen LogP contribution in [0.25, 0.3) is 22.3 Å². The van der Waals surface area contributed by atoms with Gasteiger partial charge in [0.05, 0.1) is 29.0 Å². The molecule has 7 heteroatoms. The molecule has 0 saturated heterocycles. The summed E-state index contributed by atoms with van der Waals surface area (Å²) in [5.41, 5.74) is 5.31. The highest BCUT2D eigenvalue weighted by atomic mass is 19.1. The predicted octanol–water partition coefficient (Wildman–Crippen LogP) is 5.19. The van der Waals surface area contributed by atoms with E-state index in [-0.39, 0.29) is 35.9 Å². The number of esters is 1. The summed E-state index contributed by atoms with van der Waals surface area (Å²) in [4.78, 5) is 31.2. The van der Waals surface area contributed by atoms with Gasteiger partial charge in [-0.3, -0.25) is 4.79 Å². The average molecular weight is 525 g/mol. The lowest BCUT2D eigenvalue weighted by Crippen LogP contribution is -2.44. The highest BCUT2D eigenvalue weighted by Crippen LogP contribution is 2.47. The van der Waals surface area contributed by atoms with Crippen molar-refractivity contribution in [2.45, 2.75) is 70.6 Å². The van der Waals surface area contributed by atoms with Gasteiger partial charge in [-0.05, 0) is 73.3 Å². The van der Waals surface area contributed by atoms with E-state index in [0.717, 1.165) is 47.8 Å². The van der Waals surface area contributed by atoms with Crippen LogP contribution in [0.1, 0.15) is 71.0 Å². The molecular weight excluding hydrogens is 495 g/mol. The number of carbonyl (C=O) groups excluding carboxylic acids is 1. The van der Waals surface area contributed by atoms with Crippen molar-refractivity contribution in [2.24, 2.45) is 0 Å². The topological polar surface area (TPSA) is 81.4 Å². The summed E-state index contributed by atoms with van der Waals surface area (Å²) in [6.45, 7) is 3.71. The predicted molar refractivity (Wildman–Crippen MR) is 145 cm³/mol. The third-order valence-corrected chi connectivity index (χ3v) is 9.12. The van der Waals surface area contributed by atoms with Crippen molar-refractivity contribution in [1.29, 1.82) is 0 Å². The van der Waals surface area contributed by atoms with Crippen LogP contribution in [-0.4, -0.2) is 20.6 Å². The van der Waals surface area contributed by atoms with Crippen LogP contribution in [-0.2, 0) is 41.1 Å². The van der Waals surface area contributed by atoms with Crippen molar-refractivity contribution < 1.29 is 19.0 Å². The van der Waals surface area contributed by atoms with Gasteiger partial charge in [0.25, 0.3) is 5.56 Å². The normalized spacial score (nSPS) is 20.9. The van der Waals surface area contributed by atoms with E-state index in [1.807, 2.05) is 13.0 Å². The van der Waals surface area contributed by atoms with Crippen LogP contribution in [0.2, 0.25) is 0 Å². The number of carbonyl (C=O) groups is 1. The molecule has 4 aromatic rings. The molecule has 1 N–H and O–H groups in total. The molecule has 7 rings (SSSR count). The first-order valence-corrected chi connectivity index (χ1v) is 13.7. The van der Waals surface area contributed by atoms with Gasteiger partial charge in [0, 0.05) is 22.6 Å². The number of nitrogens with zero attached hydrogens (tertiary/aromatic N) is 2. The molecule has 0 unspecified atom stereocenters. The number of pyridine rings is 2. The number of cyclic esters (lactones) is 1. The summed E-state index contributed by atoms with van der Waals surface area (Å²) in [6.07, 6.45) is 3.63. The number of halogens is 1. The number of aryl methyl sites for hydroxylation is 2. The minimum absolute atomic E-state index is 0.0837. The van der Waals surface area contributed by atoms with Gasteiger partial charge >= 0.3 is 5.97 Å². The quantitative estimate of drug-likeness (QED) is 0.327. The van der Waals surface area contributed by atoms with Crippen LogP contribution in [0.4, 0.5) is 4.39 Å². The number of fused-ring (bicyclic) bond motifs is 5. The Morgan fingerprint density at radius 3 is 2.72 bits per heavy atom. The van der Waals surface area contributed by atoms with E-state index in [2.05, 4.69) is 24.3 Å². The second kappa shape index (κ2) is 8.58. The van der Waals surface area contributed by atoms with Gasteiger partial charge in [-0.25, -0.2) is 14.2 Å². The first-order chi connectivity index (χ1) is 18.8. The average Bonchev–Trinajstić information content (AvgIpc) is 3.32. The third-order valence-electron chi connectivity index (χ3n) is 9.12. The lowest BCUT2D eigenvalue weighted by atomic mass is 9.76. The molecule has 198 valence electrons. The molecule has 1 aliphatic carbocycles. The number of aliphatic hydroxyl groups is 1. The molecule has 0 radical (unpaired) electrons. The lowest BCUT2D eigenvalue weighted by Gasteiger charge is -2.31. The zero-order valence-electron chi connectivity index (χ0n) is 22.0.